The van der Waals surface area contributed by atoms with Gasteiger partial charge in [-0.25, -0.2) is 0 Å². The van der Waals surface area contributed by atoms with Crippen LogP contribution in [0.3, 0.4) is 0 Å². The predicted molar refractivity (Wildman–Crippen MR) is 59.8 cm³/mol. The van der Waals surface area contributed by atoms with Gasteiger partial charge in [0, 0.05) is 0 Å². The van der Waals surface area contributed by atoms with Gasteiger partial charge in [-0.05, 0) is 45.4 Å². The van der Waals surface area contributed by atoms with E-state index in [0.717, 1.165) is 0 Å². The summed E-state index contributed by atoms with van der Waals surface area (Å²) in [6.45, 7) is 6.02. The zero-order chi connectivity index (χ0) is 9.52. The zero-order valence-electron chi connectivity index (χ0n) is 8.94. The highest BCUT2D eigenvalue weighted by atomic mass is 14.2. The fourth-order valence-corrected chi connectivity index (χ4v) is 1.87. The topological polar surface area (TPSA) is 0 Å². The lowest BCUT2D eigenvalue weighted by atomic mass is 9.86. The van der Waals surface area contributed by atoms with Gasteiger partial charge in [0.1, 0.15) is 0 Å². The molecule has 0 nitrogen and oxygen atoms in total. The van der Waals surface area contributed by atoms with Crippen molar-refractivity contribution in [2.75, 3.05) is 0 Å². The van der Waals surface area contributed by atoms with Crippen LogP contribution in [0.25, 0.3) is 0 Å². The molecule has 0 spiro atoms. The molecule has 0 bridgehead atoms. The first-order valence-electron chi connectivity index (χ1n) is 5.63. The average Bonchev–Trinajstić information content (AvgIpc) is 2.14. The van der Waals surface area contributed by atoms with Gasteiger partial charge in [0.15, 0.2) is 0 Å². The first-order valence-corrected chi connectivity index (χ1v) is 5.63. The lowest BCUT2D eigenvalue weighted by molar-refractivity contribution is 0.616. The maximum absolute atomic E-state index is 3.73. The van der Waals surface area contributed by atoms with E-state index in [1.54, 1.807) is 11.1 Å². The summed E-state index contributed by atoms with van der Waals surface area (Å²) in [6.07, 6.45) is 12.9. The molecule has 0 heteroatoms. The number of unbranched alkanes of at least 4 members (excludes halogenated alkanes) is 4. The van der Waals surface area contributed by atoms with Crippen molar-refractivity contribution in [2.24, 2.45) is 0 Å². The van der Waals surface area contributed by atoms with Gasteiger partial charge < -0.3 is 0 Å². The van der Waals surface area contributed by atoms with E-state index in [1.165, 1.54) is 51.4 Å². The summed E-state index contributed by atoms with van der Waals surface area (Å²) in [5.41, 5.74) is 3.43. The van der Waals surface area contributed by atoms with Crippen LogP contribution < -0.4 is 0 Å². The summed E-state index contributed by atoms with van der Waals surface area (Å²) in [7, 11) is 0. The largest absolute Gasteiger partial charge is 0.103 e. The molecule has 0 radical (unpaired) electrons. The van der Waals surface area contributed by atoms with Crippen LogP contribution in [0.5, 0.6) is 0 Å². The standard InChI is InChI=1S/C13H22/c1-3-4-5-6-7-8-9-13-11-10-12(13)2/h3H,1,4-11H2,2H3. The Morgan fingerprint density at radius 1 is 1.15 bits per heavy atom. The summed E-state index contributed by atoms with van der Waals surface area (Å²) < 4.78 is 0. The minimum atomic E-state index is 1.20. The van der Waals surface area contributed by atoms with Crippen molar-refractivity contribution in [3.05, 3.63) is 23.8 Å². The maximum Gasteiger partial charge on any atom is -0.0280 e. The van der Waals surface area contributed by atoms with Gasteiger partial charge >= 0.3 is 0 Å². The fraction of sp³-hybridized carbons (Fsp3) is 0.692. The normalized spacial score (nSPS) is 15.8. The molecule has 1 aliphatic carbocycles. The molecular formula is C13H22. The summed E-state index contributed by atoms with van der Waals surface area (Å²) >= 11 is 0. The molecule has 0 saturated heterocycles. The summed E-state index contributed by atoms with van der Waals surface area (Å²) in [5, 5.41) is 0. The van der Waals surface area contributed by atoms with Crippen LogP contribution >= 0.6 is 0 Å². The van der Waals surface area contributed by atoms with Gasteiger partial charge in [-0.2, -0.15) is 0 Å². The van der Waals surface area contributed by atoms with E-state index in [0.29, 0.717) is 0 Å². The van der Waals surface area contributed by atoms with Crippen molar-refractivity contribution >= 4 is 0 Å². The minimum Gasteiger partial charge on any atom is -0.103 e. The quantitative estimate of drug-likeness (QED) is 0.394. The van der Waals surface area contributed by atoms with Crippen molar-refractivity contribution in [3.8, 4) is 0 Å². The summed E-state index contributed by atoms with van der Waals surface area (Å²) in [4.78, 5) is 0. The lowest BCUT2D eigenvalue weighted by Gasteiger charge is -2.20. The average molecular weight is 178 g/mol. The van der Waals surface area contributed by atoms with E-state index in [-0.39, 0.29) is 0 Å². The SMILES string of the molecule is C=CCCCCCCC1=C(C)CC1. The highest BCUT2D eigenvalue weighted by Crippen LogP contribution is 2.31. The van der Waals surface area contributed by atoms with Crippen LogP contribution in [0.2, 0.25) is 0 Å². The summed E-state index contributed by atoms with van der Waals surface area (Å²) in [5.74, 6) is 0. The van der Waals surface area contributed by atoms with E-state index in [9.17, 15) is 0 Å². The molecular weight excluding hydrogens is 156 g/mol. The molecule has 1 aliphatic rings. The van der Waals surface area contributed by atoms with Crippen molar-refractivity contribution in [3.63, 3.8) is 0 Å². The fourth-order valence-electron chi connectivity index (χ4n) is 1.87. The Balaban J connectivity index is 1.90. The number of allylic oxidation sites excluding steroid dienone is 3. The van der Waals surface area contributed by atoms with E-state index in [4.69, 9.17) is 0 Å². The Morgan fingerprint density at radius 3 is 2.46 bits per heavy atom. The molecule has 74 valence electrons. The van der Waals surface area contributed by atoms with Crippen LogP contribution in [0.4, 0.5) is 0 Å². The van der Waals surface area contributed by atoms with Crippen LogP contribution in [0, 0.1) is 0 Å². The van der Waals surface area contributed by atoms with Crippen molar-refractivity contribution < 1.29 is 0 Å². The highest BCUT2D eigenvalue weighted by molar-refractivity contribution is 5.21. The van der Waals surface area contributed by atoms with E-state index in [2.05, 4.69) is 13.5 Å². The Morgan fingerprint density at radius 2 is 1.92 bits per heavy atom. The third-order valence-electron chi connectivity index (χ3n) is 3.04. The Labute approximate surface area is 82.7 Å². The van der Waals surface area contributed by atoms with Crippen molar-refractivity contribution in [1.82, 2.24) is 0 Å². The lowest BCUT2D eigenvalue weighted by Crippen LogP contribution is -2.00. The van der Waals surface area contributed by atoms with E-state index >= 15 is 0 Å². The van der Waals surface area contributed by atoms with Crippen molar-refractivity contribution in [1.29, 1.82) is 0 Å². The second-order valence-corrected chi connectivity index (χ2v) is 4.13. The third-order valence-corrected chi connectivity index (χ3v) is 3.04. The van der Waals surface area contributed by atoms with Crippen LogP contribution in [0.1, 0.15) is 58.3 Å². The van der Waals surface area contributed by atoms with Gasteiger partial charge in [-0.3, -0.25) is 0 Å². The number of rotatable bonds is 7. The molecule has 0 atom stereocenters. The Kier molecular flexibility index (Phi) is 4.88. The number of hydrogen-bond donors (Lipinski definition) is 0. The smallest absolute Gasteiger partial charge is 0.0280 e. The molecule has 0 heterocycles. The predicted octanol–water partition coefficient (Wildman–Crippen LogP) is 4.62. The van der Waals surface area contributed by atoms with Crippen molar-refractivity contribution in [2.45, 2.75) is 58.3 Å². The van der Waals surface area contributed by atoms with Gasteiger partial charge in [-0.15, -0.1) is 6.58 Å². The molecule has 13 heavy (non-hydrogen) atoms. The van der Waals surface area contributed by atoms with Crippen LogP contribution in [0.15, 0.2) is 23.8 Å². The van der Waals surface area contributed by atoms with Crippen LogP contribution in [-0.2, 0) is 0 Å². The Hall–Kier alpha value is -0.520. The maximum atomic E-state index is 3.73. The minimum absolute atomic E-state index is 1.20. The van der Waals surface area contributed by atoms with E-state index < -0.39 is 0 Å². The summed E-state index contributed by atoms with van der Waals surface area (Å²) in [6, 6.07) is 0. The third kappa shape index (κ3) is 3.80. The molecule has 0 N–H and O–H groups in total. The van der Waals surface area contributed by atoms with Gasteiger partial charge in [-0.1, -0.05) is 30.1 Å². The molecule has 0 saturated carbocycles. The zero-order valence-corrected chi connectivity index (χ0v) is 8.94. The monoisotopic (exact) mass is 178 g/mol. The first kappa shape index (κ1) is 10.6. The molecule has 0 aromatic heterocycles. The van der Waals surface area contributed by atoms with Gasteiger partial charge in [0.2, 0.25) is 0 Å². The van der Waals surface area contributed by atoms with Gasteiger partial charge in [0.25, 0.3) is 0 Å². The van der Waals surface area contributed by atoms with Gasteiger partial charge in [0.05, 0.1) is 0 Å². The molecule has 0 aromatic carbocycles. The molecule has 0 unspecified atom stereocenters. The van der Waals surface area contributed by atoms with Crippen LogP contribution in [-0.4, -0.2) is 0 Å². The first-order chi connectivity index (χ1) is 6.34. The molecule has 0 aliphatic heterocycles. The Bertz CT molecular complexity index is 186. The second kappa shape index (κ2) is 6.01. The second-order valence-electron chi connectivity index (χ2n) is 4.13. The molecule has 1 rings (SSSR count). The van der Waals surface area contributed by atoms with E-state index in [1.807, 2.05) is 6.08 Å². The molecule has 0 aromatic rings. The molecule has 0 fully saturated rings. The molecule has 0 amide bonds. The number of hydrogen-bond acceptors (Lipinski definition) is 0. The highest BCUT2D eigenvalue weighted by Gasteiger charge is 2.11.